The Kier molecular flexibility index (Phi) is 4.33. The summed E-state index contributed by atoms with van der Waals surface area (Å²) in [4.78, 5) is 22.7. The first-order chi connectivity index (χ1) is 9.66. The van der Waals surface area contributed by atoms with Crippen LogP contribution in [-0.4, -0.2) is 33.4 Å². The van der Waals surface area contributed by atoms with Gasteiger partial charge in [-0.1, -0.05) is 12.1 Å². The molecule has 7 nitrogen and oxygen atoms in total. The van der Waals surface area contributed by atoms with Crippen LogP contribution in [0.3, 0.4) is 0 Å². The third-order valence-corrected chi connectivity index (χ3v) is 2.59. The summed E-state index contributed by atoms with van der Waals surface area (Å²) in [5.41, 5.74) is 0.311. The van der Waals surface area contributed by atoms with Crippen LogP contribution in [-0.2, 0) is 6.54 Å². The number of nitrogens with zero attached hydrogens (tertiary/aromatic N) is 2. The van der Waals surface area contributed by atoms with Crippen LogP contribution in [0.5, 0.6) is 0 Å². The van der Waals surface area contributed by atoms with E-state index in [9.17, 15) is 9.59 Å². The number of para-hydroxylation sites is 1. The van der Waals surface area contributed by atoms with Crippen LogP contribution >= 0.6 is 0 Å². The lowest BCUT2D eigenvalue weighted by molar-refractivity contribution is 0.0698. The molecule has 2 amide bonds. The van der Waals surface area contributed by atoms with Crippen molar-refractivity contribution in [1.29, 1.82) is 0 Å². The van der Waals surface area contributed by atoms with Crippen LogP contribution < -0.4 is 10.6 Å². The zero-order valence-corrected chi connectivity index (χ0v) is 10.6. The first kappa shape index (κ1) is 13.6. The number of urea groups is 1. The van der Waals surface area contributed by atoms with Crippen molar-refractivity contribution in [1.82, 2.24) is 15.1 Å². The standard InChI is InChI=1S/C13H14N4O3/c18-12(19)10-4-1-2-5-11(10)16-13(20)14-7-9-17-8-3-6-15-17/h1-6,8H,7,9H2,(H,18,19)(H2,14,16,20). The van der Waals surface area contributed by atoms with Gasteiger partial charge in [0.1, 0.15) is 0 Å². The van der Waals surface area contributed by atoms with Crippen molar-refractivity contribution in [3.05, 3.63) is 48.3 Å². The van der Waals surface area contributed by atoms with Crippen LogP contribution in [0.1, 0.15) is 10.4 Å². The molecule has 0 aliphatic rings. The van der Waals surface area contributed by atoms with Crippen LogP contribution in [0.4, 0.5) is 10.5 Å². The number of carboxylic acids is 1. The van der Waals surface area contributed by atoms with Gasteiger partial charge in [0.2, 0.25) is 0 Å². The van der Waals surface area contributed by atoms with Crippen LogP contribution in [0.2, 0.25) is 0 Å². The smallest absolute Gasteiger partial charge is 0.337 e. The fourth-order valence-corrected chi connectivity index (χ4v) is 1.66. The normalized spacial score (nSPS) is 10.0. The van der Waals surface area contributed by atoms with Crippen molar-refractivity contribution in [3.63, 3.8) is 0 Å². The van der Waals surface area contributed by atoms with Gasteiger partial charge in [0, 0.05) is 18.9 Å². The van der Waals surface area contributed by atoms with E-state index < -0.39 is 12.0 Å². The highest BCUT2D eigenvalue weighted by molar-refractivity contribution is 5.99. The van der Waals surface area contributed by atoms with E-state index in [1.165, 1.54) is 12.1 Å². The molecular weight excluding hydrogens is 260 g/mol. The maximum absolute atomic E-state index is 11.7. The van der Waals surface area contributed by atoms with Gasteiger partial charge in [0.05, 0.1) is 17.8 Å². The number of anilines is 1. The Bertz CT molecular complexity index is 595. The average molecular weight is 274 g/mol. The summed E-state index contributed by atoms with van der Waals surface area (Å²) in [7, 11) is 0. The van der Waals surface area contributed by atoms with Gasteiger partial charge >= 0.3 is 12.0 Å². The molecule has 0 radical (unpaired) electrons. The van der Waals surface area contributed by atoms with Crippen molar-refractivity contribution in [2.24, 2.45) is 0 Å². The highest BCUT2D eigenvalue weighted by Crippen LogP contribution is 2.14. The molecule has 0 fully saturated rings. The van der Waals surface area contributed by atoms with Crippen molar-refractivity contribution < 1.29 is 14.7 Å². The molecule has 1 aromatic carbocycles. The van der Waals surface area contributed by atoms with E-state index in [1.807, 2.05) is 0 Å². The van der Waals surface area contributed by atoms with Gasteiger partial charge in [-0.05, 0) is 18.2 Å². The summed E-state index contributed by atoms with van der Waals surface area (Å²) in [6.07, 6.45) is 3.45. The van der Waals surface area contributed by atoms with Crippen molar-refractivity contribution in [3.8, 4) is 0 Å². The Morgan fingerprint density at radius 3 is 2.75 bits per heavy atom. The minimum absolute atomic E-state index is 0.0507. The number of carbonyl (C=O) groups is 2. The quantitative estimate of drug-likeness (QED) is 0.768. The second-order valence-corrected chi connectivity index (χ2v) is 4.00. The van der Waals surface area contributed by atoms with Crippen molar-refractivity contribution >= 4 is 17.7 Å². The van der Waals surface area contributed by atoms with Gasteiger partial charge < -0.3 is 15.7 Å². The summed E-state index contributed by atoms with van der Waals surface area (Å²) >= 11 is 0. The summed E-state index contributed by atoms with van der Waals surface area (Å²) < 4.78 is 1.69. The molecule has 0 aliphatic carbocycles. The number of benzene rings is 1. The minimum atomic E-state index is -1.09. The number of rotatable bonds is 5. The molecule has 20 heavy (non-hydrogen) atoms. The fourth-order valence-electron chi connectivity index (χ4n) is 1.66. The zero-order chi connectivity index (χ0) is 14.4. The summed E-state index contributed by atoms with van der Waals surface area (Å²) in [6.45, 7) is 0.934. The van der Waals surface area contributed by atoms with Crippen molar-refractivity contribution in [2.45, 2.75) is 6.54 Å². The number of carbonyl (C=O) groups excluding carboxylic acids is 1. The van der Waals surface area contributed by atoms with Gasteiger partial charge in [-0.2, -0.15) is 5.10 Å². The van der Waals surface area contributed by atoms with Gasteiger partial charge in [-0.25, -0.2) is 9.59 Å². The van der Waals surface area contributed by atoms with Crippen LogP contribution in [0, 0.1) is 0 Å². The number of carboxylic acid groups (broad SMARTS) is 1. The lowest BCUT2D eigenvalue weighted by atomic mass is 10.2. The first-order valence-corrected chi connectivity index (χ1v) is 6.01. The molecule has 0 aliphatic heterocycles. The molecular formula is C13H14N4O3. The van der Waals surface area contributed by atoms with Crippen molar-refractivity contribution in [2.75, 3.05) is 11.9 Å². The Morgan fingerprint density at radius 1 is 1.25 bits per heavy atom. The molecule has 104 valence electrons. The molecule has 1 heterocycles. The number of hydrogen-bond donors (Lipinski definition) is 3. The minimum Gasteiger partial charge on any atom is -0.478 e. The molecule has 0 unspecified atom stereocenters. The number of aromatic nitrogens is 2. The number of amides is 2. The van der Waals surface area contributed by atoms with E-state index in [2.05, 4.69) is 15.7 Å². The molecule has 2 aromatic rings. The van der Waals surface area contributed by atoms with E-state index in [0.29, 0.717) is 13.1 Å². The highest BCUT2D eigenvalue weighted by atomic mass is 16.4. The molecule has 0 spiro atoms. The van der Waals surface area contributed by atoms with E-state index in [0.717, 1.165) is 0 Å². The molecule has 0 atom stereocenters. The number of aromatic carboxylic acids is 1. The van der Waals surface area contributed by atoms with Gasteiger partial charge in [0.15, 0.2) is 0 Å². The topological polar surface area (TPSA) is 96.3 Å². The first-order valence-electron chi connectivity index (χ1n) is 6.01. The lowest BCUT2D eigenvalue weighted by Gasteiger charge is -2.09. The average Bonchev–Trinajstić information content (AvgIpc) is 2.92. The fraction of sp³-hybridized carbons (Fsp3) is 0.154. The molecule has 0 saturated heterocycles. The number of nitrogens with one attached hydrogen (secondary N) is 2. The Morgan fingerprint density at radius 2 is 2.05 bits per heavy atom. The molecule has 0 bridgehead atoms. The molecule has 1 aromatic heterocycles. The largest absolute Gasteiger partial charge is 0.478 e. The molecule has 2 rings (SSSR count). The highest BCUT2D eigenvalue weighted by Gasteiger charge is 2.10. The van der Waals surface area contributed by atoms with Gasteiger partial charge in [0.25, 0.3) is 0 Å². The van der Waals surface area contributed by atoms with Crippen LogP contribution in [0.15, 0.2) is 42.7 Å². The predicted molar refractivity (Wildman–Crippen MR) is 72.6 cm³/mol. The lowest BCUT2D eigenvalue weighted by Crippen LogP contribution is -2.32. The van der Waals surface area contributed by atoms with Gasteiger partial charge in [-0.3, -0.25) is 4.68 Å². The third-order valence-electron chi connectivity index (χ3n) is 2.59. The molecule has 7 heteroatoms. The maximum atomic E-state index is 11.7. The monoisotopic (exact) mass is 274 g/mol. The second kappa shape index (κ2) is 6.37. The van der Waals surface area contributed by atoms with E-state index in [4.69, 9.17) is 5.11 Å². The van der Waals surface area contributed by atoms with E-state index in [-0.39, 0.29) is 11.3 Å². The summed E-state index contributed by atoms with van der Waals surface area (Å²) in [6, 6.07) is 7.57. The third kappa shape index (κ3) is 3.58. The van der Waals surface area contributed by atoms with Gasteiger partial charge in [-0.15, -0.1) is 0 Å². The Labute approximate surface area is 115 Å². The number of hydrogen-bond acceptors (Lipinski definition) is 3. The van der Waals surface area contributed by atoms with Crippen LogP contribution in [0.25, 0.3) is 0 Å². The maximum Gasteiger partial charge on any atom is 0.337 e. The second-order valence-electron chi connectivity index (χ2n) is 4.00. The SMILES string of the molecule is O=C(NCCn1cccn1)Nc1ccccc1C(=O)O. The predicted octanol–water partition coefficient (Wildman–Crippen LogP) is 1.40. The summed E-state index contributed by atoms with van der Waals surface area (Å²) in [5.74, 6) is -1.09. The Balaban J connectivity index is 1.87. The van der Waals surface area contributed by atoms with E-state index >= 15 is 0 Å². The molecule has 0 saturated carbocycles. The van der Waals surface area contributed by atoms with E-state index in [1.54, 1.807) is 35.3 Å². The zero-order valence-electron chi connectivity index (χ0n) is 10.6. The Hall–Kier alpha value is -2.83. The molecule has 3 N–H and O–H groups in total. The summed E-state index contributed by atoms with van der Waals surface area (Å²) in [5, 5.41) is 18.1.